The Morgan fingerprint density at radius 3 is 3.11 bits per heavy atom. The summed E-state index contributed by atoms with van der Waals surface area (Å²) in [7, 11) is 1.79. The van der Waals surface area contributed by atoms with Gasteiger partial charge in [-0.05, 0) is 42.5 Å². The van der Waals surface area contributed by atoms with Gasteiger partial charge in [-0.25, -0.2) is 0 Å². The van der Waals surface area contributed by atoms with E-state index in [1.54, 1.807) is 11.9 Å². The predicted octanol–water partition coefficient (Wildman–Crippen LogP) is 1.90. The zero-order valence-corrected chi connectivity index (χ0v) is 16.5. The lowest BCUT2D eigenvalue weighted by Gasteiger charge is -2.32. The van der Waals surface area contributed by atoms with E-state index in [1.807, 2.05) is 40.1 Å². The summed E-state index contributed by atoms with van der Waals surface area (Å²) in [5.74, 6) is 1.64. The Balaban J connectivity index is 1.29. The van der Waals surface area contributed by atoms with Crippen molar-refractivity contribution in [3.05, 3.63) is 52.1 Å². The average Bonchev–Trinajstić information content (AvgIpc) is 3.34. The molecule has 2 N–H and O–H groups in total. The molecule has 1 atom stereocenters. The second-order valence-electron chi connectivity index (χ2n) is 6.79. The van der Waals surface area contributed by atoms with Crippen LogP contribution in [0.15, 0.2) is 40.8 Å². The van der Waals surface area contributed by atoms with Crippen molar-refractivity contribution in [3.8, 4) is 0 Å². The van der Waals surface area contributed by atoms with Gasteiger partial charge in [0, 0.05) is 43.8 Å². The molecule has 0 saturated heterocycles. The Bertz CT molecular complexity index is 929. The highest BCUT2D eigenvalue weighted by Crippen LogP contribution is 2.24. The van der Waals surface area contributed by atoms with Gasteiger partial charge in [0.25, 0.3) is 0 Å². The fraction of sp³-hybridized carbons (Fsp3) is 0.421. The minimum atomic E-state index is 0.436. The molecule has 0 saturated carbocycles. The van der Waals surface area contributed by atoms with Crippen LogP contribution in [-0.2, 0) is 19.5 Å². The van der Waals surface area contributed by atoms with Gasteiger partial charge >= 0.3 is 0 Å². The molecule has 0 spiro atoms. The third kappa shape index (κ3) is 3.96. The van der Waals surface area contributed by atoms with Gasteiger partial charge in [-0.3, -0.25) is 14.3 Å². The molecule has 8 heteroatoms. The number of guanidine groups is 1. The van der Waals surface area contributed by atoms with Gasteiger partial charge in [0.2, 0.25) is 0 Å². The third-order valence-electron chi connectivity index (χ3n) is 5.05. The highest BCUT2D eigenvalue weighted by molar-refractivity contribution is 7.10. The quantitative estimate of drug-likeness (QED) is 0.520. The first kappa shape index (κ1) is 17.9. The summed E-state index contributed by atoms with van der Waals surface area (Å²) in [4.78, 5) is 8.41. The molecule has 3 aromatic rings. The molecule has 4 rings (SSSR count). The van der Waals surface area contributed by atoms with Crippen LogP contribution in [-0.4, -0.2) is 51.6 Å². The maximum Gasteiger partial charge on any atom is 0.191 e. The molecule has 4 heterocycles. The Kier molecular flexibility index (Phi) is 5.35. The minimum absolute atomic E-state index is 0.436. The van der Waals surface area contributed by atoms with Crippen LogP contribution in [0.3, 0.4) is 0 Å². The topological polar surface area (TPSA) is 69.8 Å². The van der Waals surface area contributed by atoms with E-state index in [4.69, 9.17) is 0 Å². The molecule has 1 unspecified atom stereocenters. The standard InChI is InChI=1S/C19H25N7S/c1-14(25-9-6-16-15(13-25)7-10-27-16)11-21-19(20-2)22-12-18-24-23-17-5-3-4-8-26(17)18/h3-5,7-8,10,14H,6,9,11-13H2,1-2H3,(H2,20,21,22). The number of fused-ring (bicyclic) bond motifs is 2. The van der Waals surface area contributed by atoms with Gasteiger partial charge in [-0.2, -0.15) is 0 Å². The Morgan fingerprint density at radius 1 is 1.30 bits per heavy atom. The smallest absolute Gasteiger partial charge is 0.191 e. The highest BCUT2D eigenvalue weighted by Gasteiger charge is 2.21. The van der Waals surface area contributed by atoms with E-state index in [0.717, 1.165) is 43.5 Å². The van der Waals surface area contributed by atoms with Crippen molar-refractivity contribution in [2.45, 2.75) is 32.5 Å². The number of aliphatic imine (C=N–C) groups is 1. The molecule has 7 nitrogen and oxygen atoms in total. The molecule has 1 aliphatic rings. The van der Waals surface area contributed by atoms with E-state index < -0.39 is 0 Å². The molecular formula is C19H25N7S. The predicted molar refractivity (Wildman–Crippen MR) is 109 cm³/mol. The van der Waals surface area contributed by atoms with Crippen LogP contribution in [0.25, 0.3) is 5.65 Å². The van der Waals surface area contributed by atoms with Gasteiger partial charge in [0.05, 0.1) is 6.54 Å². The van der Waals surface area contributed by atoms with Crippen molar-refractivity contribution in [1.29, 1.82) is 0 Å². The molecule has 27 heavy (non-hydrogen) atoms. The molecule has 1 aliphatic heterocycles. The summed E-state index contributed by atoms with van der Waals surface area (Å²) in [5.41, 5.74) is 2.34. The number of hydrogen-bond acceptors (Lipinski definition) is 5. The summed E-state index contributed by atoms with van der Waals surface area (Å²) >= 11 is 1.88. The Morgan fingerprint density at radius 2 is 2.22 bits per heavy atom. The van der Waals surface area contributed by atoms with Crippen molar-refractivity contribution in [2.75, 3.05) is 20.1 Å². The second kappa shape index (κ2) is 8.06. The first-order valence-electron chi connectivity index (χ1n) is 9.27. The maximum absolute atomic E-state index is 4.33. The fourth-order valence-electron chi connectivity index (χ4n) is 3.41. The van der Waals surface area contributed by atoms with Gasteiger partial charge in [0.15, 0.2) is 17.4 Å². The first-order chi connectivity index (χ1) is 13.2. The molecule has 142 valence electrons. The van der Waals surface area contributed by atoms with Crippen LogP contribution < -0.4 is 10.6 Å². The number of aromatic nitrogens is 3. The largest absolute Gasteiger partial charge is 0.355 e. The van der Waals surface area contributed by atoms with Gasteiger partial charge in [-0.1, -0.05) is 6.07 Å². The highest BCUT2D eigenvalue weighted by atomic mass is 32.1. The van der Waals surface area contributed by atoms with E-state index in [0.29, 0.717) is 12.6 Å². The lowest BCUT2D eigenvalue weighted by molar-refractivity contribution is 0.192. The van der Waals surface area contributed by atoms with Crippen LogP contribution in [0.5, 0.6) is 0 Å². The average molecular weight is 384 g/mol. The molecule has 0 aliphatic carbocycles. The Labute approximate surface area is 163 Å². The van der Waals surface area contributed by atoms with Crippen molar-refractivity contribution in [1.82, 2.24) is 30.1 Å². The van der Waals surface area contributed by atoms with Crippen molar-refractivity contribution in [2.24, 2.45) is 4.99 Å². The van der Waals surface area contributed by atoms with Crippen LogP contribution in [0.2, 0.25) is 0 Å². The van der Waals surface area contributed by atoms with Crippen LogP contribution in [0, 0.1) is 0 Å². The number of hydrogen-bond donors (Lipinski definition) is 2. The minimum Gasteiger partial charge on any atom is -0.355 e. The zero-order chi connectivity index (χ0) is 18.6. The maximum atomic E-state index is 4.33. The normalized spacial score (nSPS) is 16.3. The molecule has 0 bridgehead atoms. The summed E-state index contributed by atoms with van der Waals surface area (Å²) in [6.45, 7) is 5.85. The number of thiophene rings is 1. The van der Waals surface area contributed by atoms with Crippen molar-refractivity contribution >= 4 is 22.9 Å². The summed E-state index contributed by atoms with van der Waals surface area (Å²) < 4.78 is 1.98. The monoisotopic (exact) mass is 383 g/mol. The number of rotatable bonds is 5. The van der Waals surface area contributed by atoms with Crippen molar-refractivity contribution < 1.29 is 0 Å². The van der Waals surface area contributed by atoms with E-state index in [9.17, 15) is 0 Å². The van der Waals surface area contributed by atoms with E-state index in [-0.39, 0.29) is 0 Å². The third-order valence-corrected chi connectivity index (χ3v) is 6.07. The summed E-state index contributed by atoms with van der Waals surface area (Å²) in [6, 6.07) is 8.58. The summed E-state index contributed by atoms with van der Waals surface area (Å²) in [6.07, 6.45) is 3.13. The summed E-state index contributed by atoms with van der Waals surface area (Å²) in [5, 5.41) is 17.4. The lowest BCUT2D eigenvalue weighted by atomic mass is 10.1. The SMILES string of the molecule is CN=C(NCc1nnc2ccccn12)NCC(C)N1CCc2sccc2C1. The first-order valence-corrected chi connectivity index (χ1v) is 10.1. The Hall–Kier alpha value is -2.45. The molecule has 0 radical (unpaired) electrons. The zero-order valence-electron chi connectivity index (χ0n) is 15.7. The molecule has 0 aromatic carbocycles. The number of nitrogens with zero attached hydrogens (tertiary/aromatic N) is 5. The van der Waals surface area contributed by atoms with Crippen LogP contribution in [0.4, 0.5) is 0 Å². The lowest BCUT2D eigenvalue weighted by Crippen LogP contribution is -2.47. The van der Waals surface area contributed by atoms with E-state index >= 15 is 0 Å². The van der Waals surface area contributed by atoms with Crippen molar-refractivity contribution in [3.63, 3.8) is 0 Å². The molecule has 0 amide bonds. The molecule has 3 aromatic heterocycles. The van der Waals surface area contributed by atoms with E-state index in [1.165, 1.54) is 5.56 Å². The number of pyridine rings is 1. The second-order valence-corrected chi connectivity index (χ2v) is 7.79. The van der Waals surface area contributed by atoms with Crippen LogP contribution >= 0.6 is 11.3 Å². The van der Waals surface area contributed by atoms with Gasteiger partial charge < -0.3 is 10.6 Å². The van der Waals surface area contributed by atoms with Gasteiger partial charge in [0.1, 0.15) is 0 Å². The van der Waals surface area contributed by atoms with Gasteiger partial charge in [-0.15, -0.1) is 21.5 Å². The van der Waals surface area contributed by atoms with Crippen LogP contribution in [0.1, 0.15) is 23.2 Å². The number of nitrogens with one attached hydrogen (secondary N) is 2. The molecule has 0 fully saturated rings. The molecular weight excluding hydrogens is 358 g/mol. The van der Waals surface area contributed by atoms with E-state index in [2.05, 4.69) is 49.1 Å². The fourth-order valence-corrected chi connectivity index (χ4v) is 4.30.